The summed E-state index contributed by atoms with van der Waals surface area (Å²) in [6.45, 7) is 9.82. The molecule has 0 saturated carbocycles. The number of methoxy groups -OCH3 is 1. The fourth-order valence-corrected chi connectivity index (χ4v) is 2.97. The summed E-state index contributed by atoms with van der Waals surface area (Å²) in [5.74, 6) is 0.842. The van der Waals surface area contributed by atoms with Gasteiger partial charge in [0.2, 0.25) is 0 Å². The van der Waals surface area contributed by atoms with E-state index in [4.69, 9.17) is 4.74 Å². The second-order valence-corrected chi connectivity index (χ2v) is 6.07. The Morgan fingerprint density at radius 3 is 1.85 bits per heavy atom. The molecule has 26 heavy (non-hydrogen) atoms. The van der Waals surface area contributed by atoms with Crippen molar-refractivity contribution >= 4 is 29.2 Å². The summed E-state index contributed by atoms with van der Waals surface area (Å²) in [5, 5.41) is 0. The van der Waals surface area contributed by atoms with Crippen molar-refractivity contribution in [1.29, 1.82) is 0 Å². The van der Waals surface area contributed by atoms with Gasteiger partial charge in [0.1, 0.15) is 5.75 Å². The highest BCUT2D eigenvalue weighted by molar-refractivity contribution is 5.78. The van der Waals surface area contributed by atoms with Gasteiger partial charge < -0.3 is 9.64 Å². The van der Waals surface area contributed by atoms with Crippen LogP contribution < -0.4 is 9.64 Å². The Bertz CT molecular complexity index is 908. The second kappa shape index (κ2) is 7.75. The Morgan fingerprint density at radius 2 is 1.35 bits per heavy atom. The predicted molar refractivity (Wildman–Crippen MR) is 113 cm³/mol. The van der Waals surface area contributed by atoms with Crippen molar-refractivity contribution in [3.8, 4) is 5.75 Å². The number of hydrogen-bond donors (Lipinski definition) is 0. The van der Waals surface area contributed by atoms with Gasteiger partial charge in [0.05, 0.1) is 7.11 Å². The van der Waals surface area contributed by atoms with E-state index >= 15 is 0 Å². The summed E-state index contributed by atoms with van der Waals surface area (Å²) < 4.78 is 5.30. The molecule has 0 bridgehead atoms. The quantitative estimate of drug-likeness (QED) is 0.491. The van der Waals surface area contributed by atoms with Gasteiger partial charge in [-0.15, -0.1) is 0 Å². The third kappa shape index (κ3) is 3.55. The largest absolute Gasteiger partial charge is 0.497 e. The molecule has 3 rings (SSSR count). The molecule has 0 aromatic heterocycles. The highest BCUT2D eigenvalue weighted by atomic mass is 16.5. The molecule has 0 spiro atoms. The van der Waals surface area contributed by atoms with Gasteiger partial charge >= 0.3 is 0 Å². The van der Waals surface area contributed by atoms with Crippen molar-refractivity contribution in [2.75, 3.05) is 12.0 Å². The molecule has 0 N–H and O–H groups in total. The number of benzene rings is 3. The van der Waals surface area contributed by atoms with E-state index in [9.17, 15) is 0 Å². The number of rotatable bonds is 6. The van der Waals surface area contributed by atoms with Crippen molar-refractivity contribution in [1.82, 2.24) is 0 Å². The molecule has 0 heterocycles. The lowest BCUT2D eigenvalue weighted by atomic mass is 10.1. The first-order chi connectivity index (χ1) is 12.7. The maximum Gasteiger partial charge on any atom is 0.119 e. The van der Waals surface area contributed by atoms with Crippen molar-refractivity contribution in [3.05, 3.63) is 96.6 Å². The van der Waals surface area contributed by atoms with Gasteiger partial charge in [0.25, 0.3) is 0 Å². The minimum atomic E-state index is 0.842. The summed E-state index contributed by atoms with van der Waals surface area (Å²) >= 11 is 0. The Morgan fingerprint density at radius 1 is 0.769 bits per heavy atom. The Hall–Kier alpha value is -3.26. The van der Waals surface area contributed by atoms with Crippen LogP contribution in [0.15, 0.2) is 79.9 Å². The average molecular weight is 341 g/mol. The van der Waals surface area contributed by atoms with E-state index < -0.39 is 0 Å². The summed E-state index contributed by atoms with van der Waals surface area (Å²) in [7, 11) is 1.68. The van der Waals surface area contributed by atoms with E-state index in [0.29, 0.717) is 0 Å². The number of hydrogen-bond acceptors (Lipinski definition) is 2. The molecule has 0 fully saturated rings. The predicted octanol–water partition coefficient (Wildman–Crippen LogP) is 6.76. The van der Waals surface area contributed by atoms with Gasteiger partial charge in [-0.1, -0.05) is 43.5 Å². The number of ether oxygens (including phenoxy) is 1. The smallest absolute Gasteiger partial charge is 0.119 e. The van der Waals surface area contributed by atoms with Gasteiger partial charge in [-0.3, -0.25) is 0 Å². The van der Waals surface area contributed by atoms with E-state index in [1.165, 1.54) is 5.56 Å². The highest BCUT2D eigenvalue weighted by Gasteiger charge is 2.13. The molecular weight excluding hydrogens is 318 g/mol. The fraction of sp³-hybridized carbons (Fsp3) is 0.0833. The van der Waals surface area contributed by atoms with Crippen LogP contribution in [-0.4, -0.2) is 7.11 Å². The Labute approximate surface area is 155 Å². The van der Waals surface area contributed by atoms with E-state index in [-0.39, 0.29) is 0 Å². The number of aryl methyl sites for hydroxylation is 1. The standard InChI is InChI=1S/C24H23NO/c1-5-19-7-10-21(11-8-19)25(22-13-15-24(26-4)16-14-22)23-12-9-20(6-2)18(3)17-23/h5-17H,1-2H2,3-4H3. The van der Waals surface area contributed by atoms with Gasteiger partial charge in [-0.05, 0) is 72.1 Å². The van der Waals surface area contributed by atoms with Gasteiger partial charge in [-0.25, -0.2) is 0 Å². The average Bonchev–Trinajstić information content (AvgIpc) is 2.69. The molecule has 0 atom stereocenters. The third-order valence-corrected chi connectivity index (χ3v) is 4.45. The van der Waals surface area contributed by atoms with E-state index in [1.807, 2.05) is 24.3 Å². The first-order valence-electron chi connectivity index (χ1n) is 8.56. The normalized spacial score (nSPS) is 10.2. The first kappa shape index (κ1) is 17.6. The summed E-state index contributed by atoms with van der Waals surface area (Å²) in [5.41, 5.74) is 6.70. The zero-order valence-electron chi connectivity index (χ0n) is 15.3. The van der Waals surface area contributed by atoms with Crippen molar-refractivity contribution in [3.63, 3.8) is 0 Å². The van der Waals surface area contributed by atoms with Crippen LogP contribution in [0.2, 0.25) is 0 Å². The minimum Gasteiger partial charge on any atom is -0.497 e. The molecule has 0 aliphatic carbocycles. The van der Waals surface area contributed by atoms with Crippen LogP contribution in [0.5, 0.6) is 5.75 Å². The monoisotopic (exact) mass is 341 g/mol. The maximum absolute atomic E-state index is 5.30. The molecule has 130 valence electrons. The number of nitrogens with zero attached hydrogens (tertiary/aromatic N) is 1. The van der Waals surface area contributed by atoms with E-state index in [2.05, 4.69) is 79.6 Å². The summed E-state index contributed by atoms with van der Waals surface area (Å²) in [6, 6.07) is 22.9. The molecule has 2 heteroatoms. The lowest BCUT2D eigenvalue weighted by Crippen LogP contribution is -2.10. The maximum atomic E-state index is 5.30. The SMILES string of the molecule is C=Cc1ccc(N(c2ccc(OC)cc2)c2ccc(C=C)c(C)c2)cc1. The molecule has 0 unspecified atom stereocenters. The third-order valence-electron chi connectivity index (χ3n) is 4.45. The van der Waals surface area contributed by atoms with Crippen LogP contribution in [0.4, 0.5) is 17.1 Å². The lowest BCUT2D eigenvalue weighted by Gasteiger charge is -2.26. The molecule has 0 radical (unpaired) electrons. The Balaban J connectivity index is 2.12. The van der Waals surface area contributed by atoms with Crippen molar-refractivity contribution in [2.45, 2.75) is 6.92 Å². The Kier molecular flexibility index (Phi) is 5.23. The van der Waals surface area contributed by atoms with Gasteiger partial charge in [0, 0.05) is 17.1 Å². The van der Waals surface area contributed by atoms with Crippen molar-refractivity contribution in [2.24, 2.45) is 0 Å². The molecule has 0 saturated heterocycles. The number of anilines is 3. The molecule has 3 aromatic carbocycles. The zero-order valence-corrected chi connectivity index (χ0v) is 15.3. The van der Waals surface area contributed by atoms with Gasteiger partial charge in [-0.2, -0.15) is 0 Å². The summed E-state index contributed by atoms with van der Waals surface area (Å²) in [4.78, 5) is 2.23. The molecular formula is C24H23NO. The lowest BCUT2D eigenvalue weighted by molar-refractivity contribution is 0.415. The van der Waals surface area contributed by atoms with Crippen LogP contribution in [0.25, 0.3) is 12.2 Å². The van der Waals surface area contributed by atoms with Crippen LogP contribution >= 0.6 is 0 Å². The van der Waals surface area contributed by atoms with Gasteiger partial charge in [0.15, 0.2) is 0 Å². The highest BCUT2D eigenvalue weighted by Crippen LogP contribution is 2.36. The molecule has 0 amide bonds. The molecule has 0 aliphatic rings. The molecule has 2 nitrogen and oxygen atoms in total. The van der Waals surface area contributed by atoms with Crippen LogP contribution in [0.3, 0.4) is 0 Å². The fourth-order valence-electron chi connectivity index (χ4n) is 2.97. The van der Waals surface area contributed by atoms with E-state index in [0.717, 1.165) is 33.9 Å². The van der Waals surface area contributed by atoms with Crippen LogP contribution in [0.1, 0.15) is 16.7 Å². The second-order valence-electron chi connectivity index (χ2n) is 6.07. The summed E-state index contributed by atoms with van der Waals surface area (Å²) in [6.07, 6.45) is 3.74. The van der Waals surface area contributed by atoms with E-state index in [1.54, 1.807) is 7.11 Å². The zero-order chi connectivity index (χ0) is 18.5. The molecule has 0 aliphatic heterocycles. The van der Waals surface area contributed by atoms with Crippen molar-refractivity contribution < 1.29 is 4.74 Å². The topological polar surface area (TPSA) is 12.5 Å². The van der Waals surface area contributed by atoms with Crippen LogP contribution in [0, 0.1) is 6.92 Å². The molecule has 3 aromatic rings. The van der Waals surface area contributed by atoms with Crippen LogP contribution in [-0.2, 0) is 0 Å². The minimum absolute atomic E-state index is 0.842. The first-order valence-corrected chi connectivity index (χ1v) is 8.56.